The second kappa shape index (κ2) is 8.75. The van der Waals surface area contributed by atoms with E-state index in [0.29, 0.717) is 22.7 Å². The van der Waals surface area contributed by atoms with Gasteiger partial charge in [-0.2, -0.15) is 0 Å². The number of anilines is 1. The first-order chi connectivity index (χ1) is 15.1. The van der Waals surface area contributed by atoms with Crippen molar-refractivity contribution < 1.29 is 14.3 Å². The van der Waals surface area contributed by atoms with Crippen LogP contribution in [0.4, 0.5) is 10.5 Å². The summed E-state index contributed by atoms with van der Waals surface area (Å²) in [5.74, 6) is 0.248. The third-order valence-corrected chi connectivity index (χ3v) is 5.22. The van der Waals surface area contributed by atoms with Gasteiger partial charge in [-0.3, -0.25) is 4.79 Å². The number of allylic oxidation sites excluding steroid dienone is 1. The fourth-order valence-corrected chi connectivity index (χ4v) is 3.68. The molecule has 1 aliphatic rings. The van der Waals surface area contributed by atoms with Gasteiger partial charge in [-0.25, -0.2) is 4.79 Å². The predicted octanol–water partition coefficient (Wildman–Crippen LogP) is 4.63. The molecule has 0 aromatic heterocycles. The van der Waals surface area contributed by atoms with E-state index in [-0.39, 0.29) is 11.9 Å². The van der Waals surface area contributed by atoms with Crippen LogP contribution in [0.2, 0.25) is 0 Å². The molecule has 1 atom stereocenters. The molecule has 1 heterocycles. The Labute approximate surface area is 180 Å². The Hall–Kier alpha value is -4.06. The van der Waals surface area contributed by atoms with Crippen LogP contribution in [0, 0.1) is 0 Å². The van der Waals surface area contributed by atoms with Crippen LogP contribution in [0.15, 0.2) is 90.1 Å². The SMILES string of the molecule is COc1ccccc1NC(=O)C1=C(C)NC(=O)N[C@@H]1c1ccc(-c2ccccc2)cc1. The van der Waals surface area contributed by atoms with E-state index < -0.39 is 6.04 Å². The highest BCUT2D eigenvalue weighted by atomic mass is 16.5. The second-order valence-electron chi connectivity index (χ2n) is 7.21. The fourth-order valence-electron chi connectivity index (χ4n) is 3.68. The van der Waals surface area contributed by atoms with Gasteiger partial charge in [0.1, 0.15) is 5.75 Å². The van der Waals surface area contributed by atoms with Crippen molar-refractivity contribution in [3.05, 3.63) is 95.7 Å². The first kappa shape index (κ1) is 20.2. The summed E-state index contributed by atoms with van der Waals surface area (Å²) in [6.45, 7) is 1.72. The molecule has 0 saturated heterocycles. The molecular weight excluding hydrogens is 390 g/mol. The highest BCUT2D eigenvalue weighted by molar-refractivity contribution is 6.07. The molecule has 156 valence electrons. The zero-order valence-corrected chi connectivity index (χ0v) is 17.3. The van der Waals surface area contributed by atoms with Gasteiger partial charge in [0.05, 0.1) is 24.4 Å². The Balaban J connectivity index is 1.65. The van der Waals surface area contributed by atoms with Crippen molar-refractivity contribution in [3.8, 4) is 16.9 Å². The van der Waals surface area contributed by atoms with Crippen LogP contribution in [0.3, 0.4) is 0 Å². The summed E-state index contributed by atoms with van der Waals surface area (Å²) in [6, 6.07) is 24.2. The normalized spacial score (nSPS) is 15.7. The molecule has 6 nitrogen and oxygen atoms in total. The number of para-hydroxylation sites is 2. The monoisotopic (exact) mass is 413 g/mol. The first-order valence-corrected chi connectivity index (χ1v) is 9.95. The third-order valence-electron chi connectivity index (χ3n) is 5.22. The molecule has 0 radical (unpaired) electrons. The first-order valence-electron chi connectivity index (χ1n) is 9.95. The van der Waals surface area contributed by atoms with Gasteiger partial charge < -0.3 is 20.7 Å². The molecule has 1 aliphatic heterocycles. The Kier molecular flexibility index (Phi) is 5.71. The summed E-state index contributed by atoms with van der Waals surface area (Å²) < 4.78 is 5.33. The lowest BCUT2D eigenvalue weighted by molar-refractivity contribution is -0.113. The Morgan fingerprint density at radius 1 is 0.903 bits per heavy atom. The molecule has 3 aromatic rings. The summed E-state index contributed by atoms with van der Waals surface area (Å²) in [4.78, 5) is 25.4. The van der Waals surface area contributed by atoms with Gasteiger partial charge in [-0.1, -0.05) is 66.7 Å². The minimum Gasteiger partial charge on any atom is -0.495 e. The number of hydrogen-bond acceptors (Lipinski definition) is 3. The molecule has 0 aliphatic carbocycles. The zero-order valence-electron chi connectivity index (χ0n) is 17.3. The lowest BCUT2D eigenvalue weighted by Crippen LogP contribution is -2.45. The van der Waals surface area contributed by atoms with Crippen LogP contribution in [-0.2, 0) is 4.79 Å². The topological polar surface area (TPSA) is 79.5 Å². The number of carbonyl (C=O) groups excluding carboxylic acids is 2. The molecule has 3 N–H and O–H groups in total. The molecule has 0 bridgehead atoms. The Morgan fingerprint density at radius 3 is 2.26 bits per heavy atom. The average Bonchev–Trinajstić information content (AvgIpc) is 2.79. The van der Waals surface area contributed by atoms with Gasteiger partial charge in [-0.15, -0.1) is 0 Å². The van der Waals surface area contributed by atoms with Crippen molar-refractivity contribution in [2.24, 2.45) is 0 Å². The van der Waals surface area contributed by atoms with Crippen molar-refractivity contribution in [1.29, 1.82) is 0 Å². The maximum Gasteiger partial charge on any atom is 0.319 e. The van der Waals surface area contributed by atoms with E-state index in [1.165, 1.54) is 0 Å². The second-order valence-corrected chi connectivity index (χ2v) is 7.21. The van der Waals surface area contributed by atoms with Crippen molar-refractivity contribution in [3.63, 3.8) is 0 Å². The molecule has 31 heavy (non-hydrogen) atoms. The summed E-state index contributed by atoms with van der Waals surface area (Å²) in [6.07, 6.45) is 0. The Morgan fingerprint density at radius 2 is 1.55 bits per heavy atom. The van der Waals surface area contributed by atoms with Gasteiger partial charge in [0.25, 0.3) is 5.91 Å². The fraction of sp³-hybridized carbons (Fsp3) is 0.120. The zero-order chi connectivity index (χ0) is 21.8. The van der Waals surface area contributed by atoms with E-state index in [1.54, 1.807) is 26.2 Å². The molecule has 0 spiro atoms. The smallest absolute Gasteiger partial charge is 0.319 e. The van der Waals surface area contributed by atoms with Gasteiger partial charge in [0.2, 0.25) is 0 Å². The van der Waals surface area contributed by atoms with Crippen LogP contribution in [-0.4, -0.2) is 19.0 Å². The average molecular weight is 413 g/mol. The highest BCUT2D eigenvalue weighted by Gasteiger charge is 2.31. The molecule has 3 amide bonds. The number of rotatable bonds is 5. The number of amides is 3. The van der Waals surface area contributed by atoms with Crippen molar-refractivity contribution in [1.82, 2.24) is 10.6 Å². The van der Waals surface area contributed by atoms with Crippen LogP contribution >= 0.6 is 0 Å². The molecular formula is C25H23N3O3. The van der Waals surface area contributed by atoms with E-state index in [0.717, 1.165) is 16.7 Å². The van der Waals surface area contributed by atoms with Crippen molar-refractivity contribution >= 4 is 17.6 Å². The predicted molar refractivity (Wildman–Crippen MR) is 121 cm³/mol. The van der Waals surface area contributed by atoms with Crippen molar-refractivity contribution in [2.45, 2.75) is 13.0 Å². The largest absolute Gasteiger partial charge is 0.495 e. The van der Waals surface area contributed by atoms with Crippen LogP contribution in [0.5, 0.6) is 5.75 Å². The number of urea groups is 1. The highest BCUT2D eigenvalue weighted by Crippen LogP contribution is 2.31. The summed E-state index contributed by atoms with van der Waals surface area (Å²) >= 11 is 0. The van der Waals surface area contributed by atoms with E-state index >= 15 is 0 Å². The number of methoxy groups -OCH3 is 1. The molecule has 0 saturated carbocycles. The van der Waals surface area contributed by atoms with Crippen LogP contribution in [0.1, 0.15) is 18.5 Å². The maximum atomic E-state index is 13.2. The molecule has 0 unspecified atom stereocenters. The van der Waals surface area contributed by atoms with Crippen LogP contribution < -0.4 is 20.7 Å². The van der Waals surface area contributed by atoms with E-state index in [1.807, 2.05) is 66.7 Å². The van der Waals surface area contributed by atoms with Gasteiger partial charge in [-0.05, 0) is 35.7 Å². The van der Waals surface area contributed by atoms with Gasteiger partial charge in [0.15, 0.2) is 0 Å². The lowest BCUT2D eigenvalue weighted by atomic mass is 9.93. The number of nitrogens with one attached hydrogen (secondary N) is 3. The Bertz CT molecular complexity index is 1140. The van der Waals surface area contributed by atoms with E-state index in [9.17, 15) is 9.59 Å². The van der Waals surface area contributed by atoms with Gasteiger partial charge in [0, 0.05) is 5.70 Å². The van der Waals surface area contributed by atoms with Crippen molar-refractivity contribution in [2.75, 3.05) is 12.4 Å². The number of ether oxygens (including phenoxy) is 1. The standard InChI is InChI=1S/C25H23N3O3/c1-16-22(24(29)27-20-10-6-7-11-21(20)31-2)23(28-25(30)26-16)19-14-12-18(13-15-19)17-8-4-3-5-9-17/h3-15,23H,1-2H3,(H,27,29)(H2,26,28,30)/t23-/m1/s1. The molecule has 6 heteroatoms. The molecule has 3 aromatic carbocycles. The maximum absolute atomic E-state index is 13.2. The third kappa shape index (κ3) is 4.28. The summed E-state index contributed by atoms with van der Waals surface area (Å²) in [5, 5.41) is 8.47. The summed E-state index contributed by atoms with van der Waals surface area (Å²) in [5.41, 5.74) is 4.49. The number of carbonyl (C=O) groups is 2. The summed E-state index contributed by atoms with van der Waals surface area (Å²) in [7, 11) is 1.55. The van der Waals surface area contributed by atoms with Gasteiger partial charge >= 0.3 is 6.03 Å². The molecule has 0 fully saturated rings. The minimum absolute atomic E-state index is 0.313. The number of benzene rings is 3. The minimum atomic E-state index is -0.576. The number of hydrogen-bond donors (Lipinski definition) is 3. The van der Waals surface area contributed by atoms with E-state index in [2.05, 4.69) is 16.0 Å². The lowest BCUT2D eigenvalue weighted by Gasteiger charge is -2.29. The quantitative estimate of drug-likeness (QED) is 0.571. The van der Waals surface area contributed by atoms with E-state index in [4.69, 9.17) is 4.74 Å². The molecule has 4 rings (SSSR count). The van der Waals surface area contributed by atoms with Crippen LogP contribution in [0.25, 0.3) is 11.1 Å².